The van der Waals surface area contributed by atoms with Crippen molar-refractivity contribution < 1.29 is 4.74 Å². The van der Waals surface area contributed by atoms with Gasteiger partial charge in [-0.05, 0) is 43.0 Å². The summed E-state index contributed by atoms with van der Waals surface area (Å²) in [6.45, 7) is 7.04. The molecule has 1 saturated heterocycles. The summed E-state index contributed by atoms with van der Waals surface area (Å²) >= 11 is 0. The number of hydrogen-bond donors (Lipinski definition) is 0. The monoisotopic (exact) mass is 233 g/mol. The average Bonchev–Trinajstić information content (AvgIpc) is 2.76. The molecule has 1 atom stereocenters. The highest BCUT2D eigenvalue weighted by Gasteiger charge is 2.25. The predicted octanol–water partition coefficient (Wildman–Crippen LogP) is 3.49. The topological polar surface area (TPSA) is 12.5 Å². The molecule has 2 nitrogen and oxygen atoms in total. The summed E-state index contributed by atoms with van der Waals surface area (Å²) in [4.78, 5) is 2.62. The van der Waals surface area contributed by atoms with E-state index < -0.39 is 0 Å². The van der Waals surface area contributed by atoms with E-state index >= 15 is 0 Å². The standard InChI is InChI=1S/C15H23NO/c1-12(2)11-16-10-4-5-15(16)13-6-8-14(17-3)9-7-13/h6-9,12,15H,4-5,10-11H2,1-3H3/t15-/m0/s1. The Morgan fingerprint density at radius 1 is 1.29 bits per heavy atom. The van der Waals surface area contributed by atoms with E-state index in [0.717, 1.165) is 11.7 Å². The molecule has 0 amide bonds. The molecule has 0 aromatic heterocycles. The van der Waals surface area contributed by atoms with E-state index in [-0.39, 0.29) is 0 Å². The van der Waals surface area contributed by atoms with E-state index in [1.165, 1.54) is 31.5 Å². The second-order valence-electron chi connectivity index (χ2n) is 5.32. The molecule has 0 saturated carbocycles. The molecule has 0 N–H and O–H groups in total. The number of nitrogens with zero attached hydrogens (tertiary/aromatic N) is 1. The van der Waals surface area contributed by atoms with Crippen molar-refractivity contribution in [3.05, 3.63) is 29.8 Å². The molecule has 0 bridgehead atoms. The van der Waals surface area contributed by atoms with Gasteiger partial charge in [0.05, 0.1) is 7.11 Å². The summed E-state index contributed by atoms with van der Waals surface area (Å²) in [6, 6.07) is 9.18. The average molecular weight is 233 g/mol. The highest BCUT2D eigenvalue weighted by molar-refractivity contribution is 5.29. The van der Waals surface area contributed by atoms with E-state index in [9.17, 15) is 0 Å². The third-order valence-corrected chi connectivity index (χ3v) is 3.46. The van der Waals surface area contributed by atoms with Crippen LogP contribution in [0.15, 0.2) is 24.3 Å². The van der Waals surface area contributed by atoms with Crippen LogP contribution >= 0.6 is 0 Å². The minimum atomic E-state index is 0.614. The zero-order chi connectivity index (χ0) is 12.3. The summed E-state index contributed by atoms with van der Waals surface area (Å²) in [5, 5.41) is 0. The van der Waals surface area contributed by atoms with Gasteiger partial charge in [-0.25, -0.2) is 0 Å². The number of methoxy groups -OCH3 is 1. The normalized spacial score (nSPS) is 21.1. The fraction of sp³-hybridized carbons (Fsp3) is 0.600. The minimum Gasteiger partial charge on any atom is -0.497 e. The highest BCUT2D eigenvalue weighted by Crippen LogP contribution is 2.33. The molecule has 1 aromatic rings. The summed E-state index contributed by atoms with van der Waals surface area (Å²) in [6.07, 6.45) is 2.61. The van der Waals surface area contributed by atoms with Crippen molar-refractivity contribution in [1.82, 2.24) is 4.90 Å². The number of ether oxygens (including phenoxy) is 1. The molecule has 0 radical (unpaired) electrons. The molecule has 1 fully saturated rings. The first-order valence-electron chi connectivity index (χ1n) is 6.58. The number of hydrogen-bond acceptors (Lipinski definition) is 2. The van der Waals surface area contributed by atoms with Crippen LogP contribution in [0.4, 0.5) is 0 Å². The van der Waals surface area contributed by atoms with Gasteiger partial charge in [-0.3, -0.25) is 4.90 Å². The number of rotatable bonds is 4. The first-order chi connectivity index (χ1) is 8.20. The Labute approximate surface area is 105 Å². The maximum absolute atomic E-state index is 5.21. The number of benzene rings is 1. The number of likely N-dealkylation sites (tertiary alicyclic amines) is 1. The molecule has 94 valence electrons. The van der Waals surface area contributed by atoms with Crippen molar-refractivity contribution in [2.45, 2.75) is 32.7 Å². The van der Waals surface area contributed by atoms with Crippen LogP contribution in [0.3, 0.4) is 0 Å². The van der Waals surface area contributed by atoms with Crippen molar-refractivity contribution in [2.75, 3.05) is 20.2 Å². The first-order valence-corrected chi connectivity index (χ1v) is 6.58. The van der Waals surface area contributed by atoms with Crippen molar-refractivity contribution >= 4 is 0 Å². The van der Waals surface area contributed by atoms with Crippen LogP contribution in [0.2, 0.25) is 0 Å². The van der Waals surface area contributed by atoms with Crippen molar-refractivity contribution in [2.24, 2.45) is 5.92 Å². The van der Waals surface area contributed by atoms with Crippen molar-refractivity contribution in [1.29, 1.82) is 0 Å². The smallest absolute Gasteiger partial charge is 0.118 e. The van der Waals surface area contributed by atoms with E-state index in [2.05, 4.69) is 43.0 Å². The summed E-state index contributed by atoms with van der Waals surface area (Å²) in [7, 11) is 1.72. The molecular weight excluding hydrogens is 210 g/mol. The Morgan fingerprint density at radius 3 is 2.59 bits per heavy atom. The second-order valence-corrected chi connectivity index (χ2v) is 5.32. The van der Waals surface area contributed by atoms with E-state index in [1.807, 2.05) is 0 Å². The SMILES string of the molecule is COc1ccc([C@@H]2CCCN2CC(C)C)cc1. The van der Waals surface area contributed by atoms with Gasteiger partial charge in [-0.2, -0.15) is 0 Å². The molecule has 1 aliphatic rings. The third kappa shape index (κ3) is 3.01. The van der Waals surface area contributed by atoms with Gasteiger partial charge in [-0.15, -0.1) is 0 Å². The fourth-order valence-electron chi connectivity index (χ4n) is 2.72. The van der Waals surface area contributed by atoms with Crippen LogP contribution in [-0.2, 0) is 0 Å². The van der Waals surface area contributed by atoms with Gasteiger partial charge in [0, 0.05) is 12.6 Å². The Hall–Kier alpha value is -1.02. The Balaban J connectivity index is 2.08. The van der Waals surface area contributed by atoms with Crippen LogP contribution < -0.4 is 4.74 Å². The third-order valence-electron chi connectivity index (χ3n) is 3.46. The summed E-state index contributed by atoms with van der Waals surface area (Å²) < 4.78 is 5.21. The second kappa shape index (κ2) is 5.54. The summed E-state index contributed by atoms with van der Waals surface area (Å²) in [5.41, 5.74) is 1.43. The largest absolute Gasteiger partial charge is 0.497 e. The lowest BCUT2D eigenvalue weighted by Gasteiger charge is -2.26. The maximum atomic E-state index is 5.21. The van der Waals surface area contributed by atoms with Gasteiger partial charge >= 0.3 is 0 Å². The van der Waals surface area contributed by atoms with Crippen LogP contribution in [0.5, 0.6) is 5.75 Å². The molecule has 1 aromatic carbocycles. The Bertz CT molecular complexity index is 344. The van der Waals surface area contributed by atoms with Crippen LogP contribution in [0, 0.1) is 5.92 Å². The molecule has 0 aliphatic carbocycles. The molecule has 2 heteroatoms. The minimum absolute atomic E-state index is 0.614. The fourth-order valence-corrected chi connectivity index (χ4v) is 2.72. The molecule has 2 rings (SSSR count). The van der Waals surface area contributed by atoms with Crippen molar-refractivity contribution in [3.8, 4) is 5.75 Å². The Kier molecular flexibility index (Phi) is 4.06. The van der Waals surface area contributed by atoms with Gasteiger partial charge in [-0.1, -0.05) is 26.0 Å². The molecule has 1 heterocycles. The van der Waals surface area contributed by atoms with Gasteiger partial charge in [0.25, 0.3) is 0 Å². The molecular formula is C15H23NO. The first kappa shape index (κ1) is 12.4. The lowest BCUT2D eigenvalue weighted by Crippen LogP contribution is -2.27. The van der Waals surface area contributed by atoms with E-state index in [4.69, 9.17) is 4.74 Å². The van der Waals surface area contributed by atoms with Crippen molar-refractivity contribution in [3.63, 3.8) is 0 Å². The summed E-state index contributed by atoms with van der Waals surface area (Å²) in [5.74, 6) is 1.69. The predicted molar refractivity (Wildman–Crippen MR) is 71.4 cm³/mol. The molecule has 0 unspecified atom stereocenters. The van der Waals surface area contributed by atoms with E-state index in [0.29, 0.717) is 6.04 Å². The highest BCUT2D eigenvalue weighted by atomic mass is 16.5. The van der Waals surface area contributed by atoms with E-state index in [1.54, 1.807) is 7.11 Å². The lowest BCUT2D eigenvalue weighted by atomic mass is 10.0. The zero-order valence-corrected chi connectivity index (χ0v) is 11.1. The zero-order valence-electron chi connectivity index (χ0n) is 11.1. The molecule has 17 heavy (non-hydrogen) atoms. The quantitative estimate of drug-likeness (QED) is 0.789. The lowest BCUT2D eigenvalue weighted by molar-refractivity contribution is 0.229. The van der Waals surface area contributed by atoms with Crippen LogP contribution in [0.1, 0.15) is 38.3 Å². The van der Waals surface area contributed by atoms with Crippen LogP contribution in [0.25, 0.3) is 0 Å². The van der Waals surface area contributed by atoms with Gasteiger partial charge in [0.1, 0.15) is 5.75 Å². The molecule has 1 aliphatic heterocycles. The van der Waals surface area contributed by atoms with Gasteiger partial charge < -0.3 is 4.74 Å². The van der Waals surface area contributed by atoms with Gasteiger partial charge in [0.2, 0.25) is 0 Å². The van der Waals surface area contributed by atoms with Crippen LogP contribution in [-0.4, -0.2) is 25.1 Å². The van der Waals surface area contributed by atoms with Gasteiger partial charge in [0.15, 0.2) is 0 Å². The Morgan fingerprint density at radius 2 is 2.00 bits per heavy atom. The molecule has 0 spiro atoms. The maximum Gasteiger partial charge on any atom is 0.118 e.